The molecule has 0 radical (unpaired) electrons. The maximum atomic E-state index is 12.5. The van der Waals surface area contributed by atoms with Gasteiger partial charge in [0.15, 0.2) is 0 Å². The van der Waals surface area contributed by atoms with Gasteiger partial charge in [0.1, 0.15) is 5.76 Å². The van der Waals surface area contributed by atoms with Crippen molar-refractivity contribution in [2.75, 3.05) is 0 Å². The van der Waals surface area contributed by atoms with E-state index in [0.29, 0.717) is 22.9 Å². The third kappa shape index (κ3) is 3.85. The van der Waals surface area contributed by atoms with Crippen molar-refractivity contribution in [3.8, 4) is 11.5 Å². The summed E-state index contributed by atoms with van der Waals surface area (Å²) in [6, 6.07) is 13.9. The first-order valence-corrected chi connectivity index (χ1v) is 9.01. The highest BCUT2D eigenvalue weighted by molar-refractivity contribution is 7.84. The third-order valence-corrected chi connectivity index (χ3v) is 5.11. The van der Waals surface area contributed by atoms with E-state index in [9.17, 15) is 9.00 Å². The summed E-state index contributed by atoms with van der Waals surface area (Å²) in [5.41, 5.74) is 2.58. The average Bonchev–Trinajstić information content (AvgIpc) is 2.95. The number of hydrogen-bond acceptors (Lipinski definition) is 4. The molecule has 1 N–H and O–H groups in total. The van der Waals surface area contributed by atoms with E-state index in [1.165, 1.54) is 12.1 Å². The second-order valence-corrected chi connectivity index (χ2v) is 7.16. The lowest BCUT2D eigenvalue weighted by Gasteiger charge is -2.01. The normalized spacial score (nSPS) is 12.1. The number of aryl methyl sites for hydroxylation is 2. The van der Waals surface area contributed by atoms with Gasteiger partial charge in [0, 0.05) is 10.5 Å². The SMILES string of the molecule is Cc1cccc(S(=O)Cc2nc(-c3ccc(C(=O)O)cc3)oc2C)c1. The van der Waals surface area contributed by atoms with Crippen LogP contribution in [0.4, 0.5) is 0 Å². The third-order valence-electron chi connectivity index (χ3n) is 3.79. The summed E-state index contributed by atoms with van der Waals surface area (Å²) in [4.78, 5) is 16.1. The van der Waals surface area contributed by atoms with Gasteiger partial charge in [0.05, 0.1) is 27.8 Å². The van der Waals surface area contributed by atoms with Crippen molar-refractivity contribution in [3.63, 3.8) is 0 Å². The van der Waals surface area contributed by atoms with Crippen molar-refractivity contribution >= 4 is 16.8 Å². The van der Waals surface area contributed by atoms with Gasteiger partial charge < -0.3 is 9.52 Å². The fourth-order valence-electron chi connectivity index (χ4n) is 2.41. The lowest BCUT2D eigenvalue weighted by atomic mass is 10.1. The molecule has 0 saturated carbocycles. The smallest absolute Gasteiger partial charge is 0.335 e. The van der Waals surface area contributed by atoms with E-state index < -0.39 is 16.8 Å². The van der Waals surface area contributed by atoms with E-state index in [1.807, 2.05) is 31.2 Å². The zero-order valence-electron chi connectivity index (χ0n) is 13.9. The van der Waals surface area contributed by atoms with Gasteiger partial charge in [-0.25, -0.2) is 9.78 Å². The Labute approximate surface area is 147 Å². The highest BCUT2D eigenvalue weighted by Crippen LogP contribution is 2.24. The Kier molecular flexibility index (Phi) is 4.81. The summed E-state index contributed by atoms with van der Waals surface area (Å²) in [5, 5.41) is 8.95. The van der Waals surface area contributed by atoms with Crippen LogP contribution in [0.3, 0.4) is 0 Å². The zero-order valence-corrected chi connectivity index (χ0v) is 14.7. The Bertz CT molecular complexity index is 944. The van der Waals surface area contributed by atoms with Crippen LogP contribution < -0.4 is 0 Å². The molecule has 0 aliphatic heterocycles. The highest BCUT2D eigenvalue weighted by Gasteiger charge is 2.15. The molecular weight excluding hydrogens is 338 g/mol. The summed E-state index contributed by atoms with van der Waals surface area (Å²) >= 11 is 0. The Hall–Kier alpha value is -2.73. The van der Waals surface area contributed by atoms with Crippen molar-refractivity contribution in [2.24, 2.45) is 0 Å². The van der Waals surface area contributed by atoms with Crippen LogP contribution in [0.5, 0.6) is 0 Å². The number of carbonyl (C=O) groups is 1. The first kappa shape index (κ1) is 17.1. The highest BCUT2D eigenvalue weighted by atomic mass is 32.2. The maximum absolute atomic E-state index is 12.5. The van der Waals surface area contributed by atoms with Crippen LogP contribution in [0.1, 0.15) is 27.4 Å². The van der Waals surface area contributed by atoms with Gasteiger partial charge >= 0.3 is 5.97 Å². The fraction of sp³-hybridized carbons (Fsp3) is 0.158. The van der Waals surface area contributed by atoms with E-state index in [4.69, 9.17) is 9.52 Å². The quantitative estimate of drug-likeness (QED) is 0.749. The fourth-order valence-corrected chi connectivity index (χ4v) is 3.64. The van der Waals surface area contributed by atoms with Crippen LogP contribution in [-0.4, -0.2) is 20.3 Å². The summed E-state index contributed by atoms with van der Waals surface area (Å²) in [6.45, 7) is 3.74. The van der Waals surface area contributed by atoms with E-state index >= 15 is 0 Å². The number of hydrogen-bond donors (Lipinski definition) is 1. The van der Waals surface area contributed by atoms with Gasteiger partial charge in [-0.3, -0.25) is 4.21 Å². The second-order valence-electron chi connectivity index (χ2n) is 5.71. The molecule has 0 aliphatic rings. The van der Waals surface area contributed by atoms with Crippen molar-refractivity contribution in [3.05, 3.63) is 71.1 Å². The monoisotopic (exact) mass is 355 g/mol. The van der Waals surface area contributed by atoms with Gasteiger partial charge in [0.2, 0.25) is 5.89 Å². The molecule has 1 unspecified atom stereocenters. The Morgan fingerprint density at radius 3 is 2.52 bits per heavy atom. The minimum absolute atomic E-state index is 0.202. The molecule has 1 atom stereocenters. The van der Waals surface area contributed by atoms with Crippen LogP contribution in [0, 0.1) is 13.8 Å². The van der Waals surface area contributed by atoms with Crippen LogP contribution in [-0.2, 0) is 16.6 Å². The summed E-state index contributed by atoms with van der Waals surface area (Å²) in [5.74, 6) is 0.291. The van der Waals surface area contributed by atoms with Crippen molar-refractivity contribution in [2.45, 2.75) is 24.5 Å². The van der Waals surface area contributed by atoms with E-state index in [1.54, 1.807) is 19.1 Å². The molecule has 1 aromatic heterocycles. The topological polar surface area (TPSA) is 80.4 Å². The minimum Gasteiger partial charge on any atom is -0.478 e. The molecule has 6 heteroatoms. The number of nitrogens with zero attached hydrogens (tertiary/aromatic N) is 1. The molecule has 0 spiro atoms. The molecule has 3 rings (SSSR count). The first-order valence-electron chi connectivity index (χ1n) is 7.69. The Morgan fingerprint density at radius 1 is 1.16 bits per heavy atom. The first-order chi connectivity index (χ1) is 11.9. The van der Waals surface area contributed by atoms with Gasteiger partial charge in [-0.1, -0.05) is 12.1 Å². The maximum Gasteiger partial charge on any atom is 0.335 e. The van der Waals surface area contributed by atoms with Crippen LogP contribution in [0.15, 0.2) is 57.8 Å². The van der Waals surface area contributed by atoms with Crippen molar-refractivity contribution in [1.29, 1.82) is 0 Å². The molecule has 5 nitrogen and oxygen atoms in total. The molecule has 2 aromatic carbocycles. The van der Waals surface area contributed by atoms with Crippen LogP contribution in [0.25, 0.3) is 11.5 Å². The van der Waals surface area contributed by atoms with E-state index in [-0.39, 0.29) is 11.3 Å². The number of carboxylic acids is 1. The molecule has 0 aliphatic carbocycles. The van der Waals surface area contributed by atoms with Gasteiger partial charge in [0.25, 0.3) is 0 Å². The zero-order chi connectivity index (χ0) is 18.0. The minimum atomic E-state index is -1.21. The van der Waals surface area contributed by atoms with E-state index in [2.05, 4.69) is 4.98 Å². The van der Waals surface area contributed by atoms with Crippen molar-refractivity contribution in [1.82, 2.24) is 4.98 Å². The molecule has 3 aromatic rings. The van der Waals surface area contributed by atoms with Crippen LogP contribution >= 0.6 is 0 Å². The number of carboxylic acid groups (broad SMARTS) is 1. The predicted octanol–water partition coefficient (Wildman–Crippen LogP) is 3.96. The average molecular weight is 355 g/mol. The van der Waals surface area contributed by atoms with Gasteiger partial charge in [-0.15, -0.1) is 0 Å². The van der Waals surface area contributed by atoms with Crippen molar-refractivity contribution < 1.29 is 18.5 Å². The number of aromatic carboxylic acids is 1. The molecule has 128 valence electrons. The summed E-state index contributed by atoms with van der Waals surface area (Å²) < 4.78 is 18.2. The largest absolute Gasteiger partial charge is 0.478 e. The lowest BCUT2D eigenvalue weighted by Crippen LogP contribution is -1.99. The predicted molar refractivity (Wildman–Crippen MR) is 94.9 cm³/mol. The molecule has 25 heavy (non-hydrogen) atoms. The molecule has 0 bridgehead atoms. The summed E-state index contributed by atoms with van der Waals surface area (Å²) in [7, 11) is -1.21. The number of oxazole rings is 1. The molecule has 1 heterocycles. The molecule has 0 fully saturated rings. The lowest BCUT2D eigenvalue weighted by molar-refractivity contribution is 0.0697. The molecular formula is C19H17NO4S. The van der Waals surface area contributed by atoms with Crippen LogP contribution in [0.2, 0.25) is 0 Å². The Balaban J connectivity index is 1.82. The van der Waals surface area contributed by atoms with E-state index in [0.717, 1.165) is 10.5 Å². The number of aromatic nitrogens is 1. The number of benzene rings is 2. The Morgan fingerprint density at radius 2 is 1.88 bits per heavy atom. The standard InChI is InChI=1S/C19H17NO4S/c1-12-4-3-5-16(10-12)25(23)11-17-13(2)24-18(20-17)14-6-8-15(9-7-14)19(21)22/h3-10H,11H2,1-2H3,(H,21,22). The molecule has 0 saturated heterocycles. The van der Waals surface area contributed by atoms with Gasteiger partial charge in [-0.05, 0) is 55.8 Å². The molecule has 0 amide bonds. The van der Waals surface area contributed by atoms with Gasteiger partial charge in [-0.2, -0.15) is 0 Å². The second kappa shape index (κ2) is 7.03. The summed E-state index contributed by atoms with van der Waals surface area (Å²) in [6.07, 6.45) is 0. The number of rotatable bonds is 5.